The van der Waals surface area contributed by atoms with Gasteiger partial charge in [0.1, 0.15) is 17.1 Å². The maximum atomic E-state index is 11.8. The summed E-state index contributed by atoms with van der Waals surface area (Å²) in [6.45, 7) is 0. The number of hydrogen-bond donors (Lipinski definition) is 2. The number of phenols is 1. The summed E-state index contributed by atoms with van der Waals surface area (Å²) in [6, 6.07) is 11.9. The molecule has 9 nitrogen and oxygen atoms in total. The summed E-state index contributed by atoms with van der Waals surface area (Å²) in [5.41, 5.74) is 2.00. The van der Waals surface area contributed by atoms with Crippen LogP contribution in [0.3, 0.4) is 0 Å². The Labute approximate surface area is 165 Å². The van der Waals surface area contributed by atoms with Gasteiger partial charge in [0.15, 0.2) is 5.65 Å². The SMILES string of the molecule is COC(=O)c1cc(Nc2ncc3cnn(-c4ccc(OC)cc4)c3n2)ccc1O. The van der Waals surface area contributed by atoms with Crippen molar-refractivity contribution >= 4 is 28.6 Å². The number of aromatic nitrogens is 4. The van der Waals surface area contributed by atoms with Crippen LogP contribution in [0.2, 0.25) is 0 Å². The molecule has 0 bridgehead atoms. The van der Waals surface area contributed by atoms with Gasteiger partial charge in [0.2, 0.25) is 5.95 Å². The predicted molar refractivity (Wildman–Crippen MR) is 106 cm³/mol. The number of carbonyl (C=O) groups is 1. The number of rotatable bonds is 5. The standard InChI is InChI=1S/C20H17N5O4/c1-28-15-6-4-14(5-7-15)25-18-12(11-22-25)10-21-20(24-18)23-13-3-8-17(26)16(9-13)19(27)29-2/h3-11,26H,1-2H3,(H,21,23,24). The normalized spacial score (nSPS) is 10.7. The van der Waals surface area contributed by atoms with Crippen LogP contribution in [-0.2, 0) is 4.74 Å². The van der Waals surface area contributed by atoms with E-state index >= 15 is 0 Å². The van der Waals surface area contributed by atoms with E-state index in [1.165, 1.54) is 19.2 Å². The van der Waals surface area contributed by atoms with Crippen molar-refractivity contribution < 1.29 is 19.4 Å². The van der Waals surface area contributed by atoms with E-state index in [2.05, 4.69) is 25.1 Å². The number of nitrogens with one attached hydrogen (secondary N) is 1. The van der Waals surface area contributed by atoms with E-state index in [0.29, 0.717) is 17.3 Å². The number of carbonyl (C=O) groups excluding carboxylic acids is 1. The van der Waals surface area contributed by atoms with E-state index in [4.69, 9.17) is 4.74 Å². The van der Waals surface area contributed by atoms with Gasteiger partial charge < -0.3 is 19.9 Å². The zero-order valence-electron chi connectivity index (χ0n) is 15.7. The second-order valence-electron chi connectivity index (χ2n) is 6.08. The van der Waals surface area contributed by atoms with E-state index in [-0.39, 0.29) is 11.3 Å². The highest BCUT2D eigenvalue weighted by Gasteiger charge is 2.13. The number of esters is 1. The second-order valence-corrected chi connectivity index (χ2v) is 6.08. The van der Waals surface area contributed by atoms with Crippen LogP contribution in [0.25, 0.3) is 16.7 Å². The zero-order valence-corrected chi connectivity index (χ0v) is 15.7. The number of ether oxygens (including phenoxy) is 2. The highest BCUT2D eigenvalue weighted by molar-refractivity contribution is 5.93. The van der Waals surface area contributed by atoms with Crippen LogP contribution < -0.4 is 10.1 Å². The lowest BCUT2D eigenvalue weighted by Gasteiger charge is -2.09. The van der Waals surface area contributed by atoms with Gasteiger partial charge in [-0.3, -0.25) is 0 Å². The molecule has 2 heterocycles. The molecule has 0 saturated heterocycles. The largest absolute Gasteiger partial charge is 0.507 e. The second kappa shape index (κ2) is 7.47. The highest BCUT2D eigenvalue weighted by atomic mass is 16.5. The van der Waals surface area contributed by atoms with Crippen LogP contribution in [0, 0.1) is 0 Å². The first-order valence-corrected chi connectivity index (χ1v) is 8.62. The van der Waals surface area contributed by atoms with Crippen molar-refractivity contribution in [1.29, 1.82) is 0 Å². The molecule has 4 rings (SSSR count). The summed E-state index contributed by atoms with van der Waals surface area (Å²) in [4.78, 5) is 20.6. The summed E-state index contributed by atoms with van der Waals surface area (Å²) in [7, 11) is 2.86. The highest BCUT2D eigenvalue weighted by Crippen LogP contribution is 2.25. The molecule has 146 valence electrons. The minimum Gasteiger partial charge on any atom is -0.507 e. The lowest BCUT2D eigenvalue weighted by atomic mass is 10.2. The lowest BCUT2D eigenvalue weighted by molar-refractivity contribution is 0.0597. The molecule has 0 radical (unpaired) electrons. The summed E-state index contributed by atoms with van der Waals surface area (Å²) in [6.07, 6.45) is 3.33. The molecule has 0 aliphatic rings. The van der Waals surface area contributed by atoms with Gasteiger partial charge in [0.25, 0.3) is 0 Å². The first-order valence-electron chi connectivity index (χ1n) is 8.62. The van der Waals surface area contributed by atoms with Crippen LogP contribution in [0.5, 0.6) is 11.5 Å². The molecule has 2 N–H and O–H groups in total. The Morgan fingerprint density at radius 3 is 2.62 bits per heavy atom. The van der Waals surface area contributed by atoms with Crippen molar-refractivity contribution in [3.63, 3.8) is 0 Å². The van der Waals surface area contributed by atoms with Gasteiger partial charge in [0, 0.05) is 11.9 Å². The summed E-state index contributed by atoms with van der Waals surface area (Å²) >= 11 is 0. The monoisotopic (exact) mass is 391 g/mol. The minimum absolute atomic E-state index is 0.0434. The number of benzene rings is 2. The fourth-order valence-corrected chi connectivity index (χ4v) is 2.81. The van der Waals surface area contributed by atoms with E-state index in [1.54, 1.807) is 30.3 Å². The molecule has 2 aromatic carbocycles. The third kappa shape index (κ3) is 3.53. The van der Waals surface area contributed by atoms with Crippen LogP contribution in [0.15, 0.2) is 54.9 Å². The molecular weight excluding hydrogens is 374 g/mol. The fraction of sp³-hybridized carbons (Fsp3) is 0.100. The number of nitrogens with zero attached hydrogens (tertiary/aromatic N) is 4. The van der Waals surface area contributed by atoms with Crippen molar-refractivity contribution in [1.82, 2.24) is 19.7 Å². The number of phenolic OH excluding ortho intramolecular Hbond substituents is 1. The van der Waals surface area contributed by atoms with Crippen molar-refractivity contribution in [2.45, 2.75) is 0 Å². The molecule has 0 aliphatic carbocycles. The number of anilines is 2. The molecule has 0 unspecified atom stereocenters. The smallest absolute Gasteiger partial charge is 0.341 e. The van der Waals surface area contributed by atoms with Gasteiger partial charge in [-0.1, -0.05) is 0 Å². The lowest BCUT2D eigenvalue weighted by Crippen LogP contribution is -2.04. The van der Waals surface area contributed by atoms with Crippen molar-refractivity contribution in [2.24, 2.45) is 0 Å². The Balaban J connectivity index is 1.68. The summed E-state index contributed by atoms with van der Waals surface area (Å²) < 4.78 is 11.6. The van der Waals surface area contributed by atoms with Crippen LogP contribution in [0.1, 0.15) is 10.4 Å². The molecular formula is C20H17N5O4. The Morgan fingerprint density at radius 2 is 1.90 bits per heavy atom. The van der Waals surface area contributed by atoms with E-state index in [0.717, 1.165) is 16.8 Å². The maximum absolute atomic E-state index is 11.8. The van der Waals surface area contributed by atoms with E-state index in [9.17, 15) is 9.90 Å². The van der Waals surface area contributed by atoms with Crippen molar-refractivity contribution in [3.8, 4) is 17.2 Å². The Kier molecular flexibility index (Phi) is 4.70. The first-order chi connectivity index (χ1) is 14.1. The zero-order chi connectivity index (χ0) is 20.4. The van der Waals surface area contributed by atoms with E-state index < -0.39 is 5.97 Å². The maximum Gasteiger partial charge on any atom is 0.341 e. The van der Waals surface area contributed by atoms with Gasteiger partial charge >= 0.3 is 5.97 Å². The first kappa shape index (κ1) is 18.2. The van der Waals surface area contributed by atoms with Gasteiger partial charge in [-0.15, -0.1) is 0 Å². The average Bonchev–Trinajstić information content (AvgIpc) is 3.18. The molecule has 4 aromatic rings. The molecule has 29 heavy (non-hydrogen) atoms. The molecule has 0 fully saturated rings. The molecule has 0 saturated carbocycles. The fourth-order valence-electron chi connectivity index (χ4n) is 2.81. The van der Waals surface area contributed by atoms with Crippen molar-refractivity contribution in [2.75, 3.05) is 19.5 Å². The van der Waals surface area contributed by atoms with Crippen LogP contribution >= 0.6 is 0 Å². The number of hydrogen-bond acceptors (Lipinski definition) is 8. The quantitative estimate of drug-likeness (QED) is 0.394. The number of fused-ring (bicyclic) bond motifs is 1. The Hall–Kier alpha value is -4.14. The molecule has 9 heteroatoms. The Bertz CT molecular complexity index is 1190. The Morgan fingerprint density at radius 1 is 1.10 bits per heavy atom. The molecule has 0 atom stereocenters. The van der Waals surface area contributed by atoms with Gasteiger partial charge in [0.05, 0.1) is 31.5 Å². The van der Waals surface area contributed by atoms with Gasteiger partial charge in [-0.05, 0) is 42.5 Å². The summed E-state index contributed by atoms with van der Waals surface area (Å²) in [5, 5.41) is 18.0. The van der Waals surface area contributed by atoms with Crippen molar-refractivity contribution in [3.05, 3.63) is 60.4 Å². The minimum atomic E-state index is -0.639. The van der Waals surface area contributed by atoms with Crippen LogP contribution in [0.4, 0.5) is 11.6 Å². The number of methoxy groups -OCH3 is 2. The third-order valence-electron chi connectivity index (χ3n) is 4.28. The van der Waals surface area contributed by atoms with Gasteiger partial charge in [-0.2, -0.15) is 10.1 Å². The van der Waals surface area contributed by atoms with E-state index in [1.807, 2.05) is 24.3 Å². The predicted octanol–water partition coefficient (Wildman–Crippen LogP) is 3.06. The molecule has 0 amide bonds. The summed E-state index contributed by atoms with van der Waals surface area (Å²) in [5.74, 6) is 0.252. The number of aromatic hydroxyl groups is 1. The average molecular weight is 391 g/mol. The van der Waals surface area contributed by atoms with Gasteiger partial charge in [-0.25, -0.2) is 14.5 Å². The third-order valence-corrected chi connectivity index (χ3v) is 4.28. The van der Waals surface area contributed by atoms with Crippen LogP contribution in [-0.4, -0.2) is 45.0 Å². The molecule has 0 aliphatic heterocycles. The molecule has 0 spiro atoms. The topological polar surface area (TPSA) is 111 Å². The molecule has 2 aromatic heterocycles.